The van der Waals surface area contributed by atoms with E-state index < -0.39 is 22.8 Å². The Morgan fingerprint density at radius 1 is 0.952 bits per heavy atom. The number of aliphatic hydroxyl groups is 2. The van der Waals surface area contributed by atoms with Gasteiger partial charge in [0.05, 0.1) is 25.8 Å². The first-order valence-corrected chi connectivity index (χ1v) is 14.0. The van der Waals surface area contributed by atoms with Crippen molar-refractivity contribution in [2.24, 2.45) is 0 Å². The maximum absolute atomic E-state index is 14.1. The second kappa shape index (κ2) is 14.0. The molecule has 0 aliphatic heterocycles. The maximum Gasteiger partial charge on any atom is 0.137 e. The summed E-state index contributed by atoms with van der Waals surface area (Å²) in [6.07, 6.45) is 10.7. The molecule has 1 aliphatic carbocycles. The molecule has 2 aromatic carbocycles. The molecule has 1 aliphatic rings. The largest absolute Gasteiger partial charge is 0.497 e. The van der Waals surface area contributed by atoms with E-state index in [2.05, 4.69) is 51.3 Å². The van der Waals surface area contributed by atoms with Crippen molar-refractivity contribution in [2.45, 2.75) is 62.3 Å². The van der Waals surface area contributed by atoms with Gasteiger partial charge in [0, 0.05) is 24.1 Å². The van der Waals surface area contributed by atoms with Gasteiger partial charge in [-0.05, 0) is 50.7 Å². The third kappa shape index (κ3) is 7.96. The van der Waals surface area contributed by atoms with Gasteiger partial charge in [-0.15, -0.1) is 0 Å². The van der Waals surface area contributed by atoms with Crippen LogP contribution in [0.1, 0.15) is 49.1 Å². The summed E-state index contributed by atoms with van der Waals surface area (Å²) < 4.78 is 35.2. The summed E-state index contributed by atoms with van der Waals surface area (Å²) in [7, 11) is 5.83. The van der Waals surface area contributed by atoms with Crippen molar-refractivity contribution in [1.82, 2.24) is 34.4 Å². The van der Waals surface area contributed by atoms with Crippen LogP contribution >= 0.6 is 0 Å². The van der Waals surface area contributed by atoms with E-state index in [1.165, 1.54) is 52.7 Å². The van der Waals surface area contributed by atoms with Crippen LogP contribution in [0.5, 0.6) is 5.75 Å². The van der Waals surface area contributed by atoms with Crippen LogP contribution in [0.2, 0.25) is 0 Å². The van der Waals surface area contributed by atoms with E-state index in [4.69, 9.17) is 4.74 Å². The lowest BCUT2D eigenvalue weighted by Crippen LogP contribution is -2.42. The molecule has 226 valence electrons. The summed E-state index contributed by atoms with van der Waals surface area (Å²) >= 11 is 0. The van der Waals surface area contributed by atoms with Gasteiger partial charge in [-0.25, -0.2) is 28.1 Å². The summed E-state index contributed by atoms with van der Waals surface area (Å²) in [5.74, 6) is -0.524. The zero-order valence-electron chi connectivity index (χ0n) is 24.3. The second-order valence-electron chi connectivity index (χ2n) is 11.1. The summed E-state index contributed by atoms with van der Waals surface area (Å²) in [5, 5.41) is 29.9. The second-order valence-corrected chi connectivity index (χ2v) is 11.1. The number of nitrogens with zero attached hydrogens (tertiary/aromatic N) is 7. The Morgan fingerprint density at radius 3 is 2.02 bits per heavy atom. The third-order valence-corrected chi connectivity index (χ3v) is 7.65. The van der Waals surface area contributed by atoms with Gasteiger partial charge in [0.15, 0.2) is 0 Å². The maximum atomic E-state index is 14.1. The average molecular weight is 584 g/mol. The normalized spacial score (nSPS) is 15.6. The summed E-state index contributed by atoms with van der Waals surface area (Å²) in [6, 6.07) is 11.2. The lowest BCUT2D eigenvalue weighted by atomic mass is 9.72. The average Bonchev–Trinajstić information content (AvgIpc) is 3.67. The van der Waals surface area contributed by atoms with Crippen molar-refractivity contribution in [3.63, 3.8) is 0 Å². The van der Waals surface area contributed by atoms with Gasteiger partial charge in [-0.2, -0.15) is 10.2 Å². The molecule has 2 aromatic heterocycles. The number of halogens is 2. The minimum absolute atomic E-state index is 0.0556. The molecule has 2 heterocycles. The standard InChI is InChI=1S/C17H27NO2.C13H12F2N6O/c1-18(2)13-16(17(19)11-5-4-6-12-17)14-7-9-15(20-3)10-8-14;14-10-1-2-11(12(15)3-10)13(22,4-20-8-16-6-18-20)5-21-9-17-7-19-21/h7-10,16,19H,4-6,11-13H2,1-3H3;1-3,6-9,22H,4-5H2. The highest BCUT2D eigenvalue weighted by atomic mass is 19.1. The molecule has 1 atom stereocenters. The molecular weight excluding hydrogens is 544 g/mol. The molecule has 42 heavy (non-hydrogen) atoms. The Bertz CT molecular complexity index is 1320. The number of hydrogen-bond donors (Lipinski definition) is 2. The van der Waals surface area contributed by atoms with Crippen molar-refractivity contribution in [2.75, 3.05) is 27.7 Å². The number of methoxy groups -OCH3 is 1. The first-order valence-electron chi connectivity index (χ1n) is 14.0. The van der Waals surface area contributed by atoms with Crippen molar-refractivity contribution in [3.8, 4) is 5.75 Å². The van der Waals surface area contributed by atoms with Gasteiger partial charge in [0.25, 0.3) is 0 Å². The number of rotatable bonds is 10. The van der Waals surface area contributed by atoms with E-state index in [1.807, 2.05) is 12.1 Å². The van der Waals surface area contributed by atoms with Gasteiger partial charge in [-0.1, -0.05) is 37.5 Å². The SMILES string of the molecule is COc1ccc(C(CN(C)C)C2(O)CCCCC2)cc1.OC(Cn1cncn1)(Cn1cncn1)c1ccc(F)cc1F. The molecular formula is C30H39F2N7O3. The molecule has 1 fully saturated rings. The zero-order valence-corrected chi connectivity index (χ0v) is 24.3. The van der Waals surface area contributed by atoms with Gasteiger partial charge in [0.2, 0.25) is 0 Å². The molecule has 0 bridgehead atoms. The van der Waals surface area contributed by atoms with Crippen LogP contribution in [0.4, 0.5) is 8.78 Å². The Kier molecular flexibility index (Phi) is 10.4. The number of aromatic nitrogens is 6. The number of hydrogen-bond acceptors (Lipinski definition) is 8. The predicted octanol–water partition coefficient (Wildman–Crippen LogP) is 3.77. The number of likely N-dealkylation sites (N-methyl/N-ethyl adjacent to an activating group) is 1. The van der Waals surface area contributed by atoms with E-state index in [-0.39, 0.29) is 24.6 Å². The van der Waals surface area contributed by atoms with E-state index in [0.29, 0.717) is 0 Å². The van der Waals surface area contributed by atoms with Gasteiger partial charge in [0.1, 0.15) is 48.3 Å². The molecule has 10 nitrogen and oxygen atoms in total. The monoisotopic (exact) mass is 583 g/mol. The van der Waals surface area contributed by atoms with Crippen molar-refractivity contribution in [3.05, 3.63) is 90.5 Å². The van der Waals surface area contributed by atoms with Crippen molar-refractivity contribution >= 4 is 0 Å². The molecule has 2 N–H and O–H groups in total. The first kappa shape index (κ1) is 31.2. The van der Waals surface area contributed by atoms with Crippen LogP contribution in [0.3, 0.4) is 0 Å². The van der Waals surface area contributed by atoms with Crippen LogP contribution in [-0.4, -0.2) is 78.0 Å². The fourth-order valence-corrected chi connectivity index (χ4v) is 5.55. The molecule has 5 rings (SSSR count). The van der Waals surface area contributed by atoms with E-state index in [1.54, 1.807) is 7.11 Å². The molecule has 1 unspecified atom stereocenters. The number of ether oxygens (including phenoxy) is 1. The molecule has 0 amide bonds. The van der Waals surface area contributed by atoms with Gasteiger partial charge in [-0.3, -0.25) is 0 Å². The highest BCUT2D eigenvalue weighted by Gasteiger charge is 2.39. The zero-order chi connectivity index (χ0) is 30.2. The highest BCUT2D eigenvalue weighted by molar-refractivity contribution is 5.31. The lowest BCUT2D eigenvalue weighted by molar-refractivity contribution is -0.0277. The van der Waals surface area contributed by atoms with Gasteiger partial charge < -0.3 is 19.8 Å². The van der Waals surface area contributed by atoms with Crippen LogP contribution in [0.15, 0.2) is 67.8 Å². The van der Waals surface area contributed by atoms with Crippen molar-refractivity contribution < 1.29 is 23.7 Å². The summed E-state index contributed by atoms with van der Waals surface area (Å²) in [6.45, 7) is 0.730. The minimum Gasteiger partial charge on any atom is -0.497 e. The number of benzene rings is 2. The summed E-state index contributed by atoms with van der Waals surface area (Å²) in [4.78, 5) is 9.74. The fraction of sp³-hybridized carbons (Fsp3) is 0.467. The summed E-state index contributed by atoms with van der Waals surface area (Å²) in [5.41, 5.74) is -1.10. The first-order chi connectivity index (χ1) is 20.1. The molecule has 0 radical (unpaired) electrons. The Morgan fingerprint density at radius 2 is 1.55 bits per heavy atom. The van der Waals surface area contributed by atoms with Crippen LogP contribution in [-0.2, 0) is 18.7 Å². The Hall–Kier alpha value is -3.74. The van der Waals surface area contributed by atoms with E-state index in [9.17, 15) is 19.0 Å². The topological polar surface area (TPSA) is 114 Å². The van der Waals surface area contributed by atoms with E-state index in [0.717, 1.165) is 50.1 Å². The quantitative estimate of drug-likeness (QED) is 0.290. The van der Waals surface area contributed by atoms with Crippen LogP contribution < -0.4 is 4.74 Å². The Balaban J connectivity index is 0.000000194. The predicted molar refractivity (Wildman–Crippen MR) is 153 cm³/mol. The third-order valence-electron chi connectivity index (χ3n) is 7.65. The highest BCUT2D eigenvalue weighted by Crippen LogP contribution is 2.40. The molecule has 12 heteroatoms. The minimum atomic E-state index is -1.70. The Labute approximate surface area is 244 Å². The van der Waals surface area contributed by atoms with E-state index >= 15 is 0 Å². The van der Waals surface area contributed by atoms with Crippen LogP contribution in [0, 0.1) is 11.6 Å². The fourth-order valence-electron chi connectivity index (χ4n) is 5.55. The molecule has 1 saturated carbocycles. The smallest absolute Gasteiger partial charge is 0.137 e. The molecule has 0 spiro atoms. The molecule has 0 saturated heterocycles. The van der Waals surface area contributed by atoms with Gasteiger partial charge >= 0.3 is 0 Å². The molecule has 4 aromatic rings. The van der Waals surface area contributed by atoms with Crippen LogP contribution in [0.25, 0.3) is 0 Å². The lowest BCUT2D eigenvalue weighted by Gasteiger charge is -2.40. The van der Waals surface area contributed by atoms with Crippen molar-refractivity contribution in [1.29, 1.82) is 0 Å².